The van der Waals surface area contributed by atoms with Crippen LogP contribution in [-0.4, -0.2) is 58.7 Å². The van der Waals surface area contributed by atoms with Gasteiger partial charge in [-0.05, 0) is 213 Å². The topological polar surface area (TPSA) is 36.9 Å². The van der Waals surface area contributed by atoms with Crippen LogP contribution >= 0.6 is 0 Å². The van der Waals surface area contributed by atoms with Crippen molar-refractivity contribution in [3.8, 4) is 140 Å². The van der Waals surface area contributed by atoms with Crippen LogP contribution in [0.3, 0.4) is 0 Å². The Morgan fingerprint density at radius 3 is 0.583 bits per heavy atom. The van der Waals surface area contributed by atoms with E-state index in [9.17, 15) is 0 Å². The first-order valence-corrected chi connectivity index (χ1v) is 68.5. The van der Waals surface area contributed by atoms with E-state index in [2.05, 4.69) is 375 Å². The fourth-order valence-corrected chi connectivity index (χ4v) is 44.3. The summed E-state index contributed by atoms with van der Waals surface area (Å²) in [6.45, 7) is 79.0. The normalized spacial score (nSPS) is 11.6. The molecule has 144 heavy (non-hydrogen) atoms. The third kappa shape index (κ3) is 41.1. The molecule has 4 aromatic carbocycles. The van der Waals surface area contributed by atoms with Crippen molar-refractivity contribution in [3.63, 3.8) is 0 Å². The fraction of sp³-hybridized carbons (Fsp3) is 0.676. The molecule has 0 bridgehead atoms. The van der Waals surface area contributed by atoms with Gasteiger partial charge >= 0.3 is 0 Å². The number of benzene rings is 4. The Bertz CT molecular complexity index is 4700. The molecule has 8 heteroatoms. The van der Waals surface area contributed by atoms with E-state index in [1.807, 2.05) is 0 Å². The van der Waals surface area contributed by atoms with E-state index in [0.29, 0.717) is 92.9 Å². The zero-order chi connectivity index (χ0) is 106. The molecule has 0 unspecified atom stereocenters. The summed E-state index contributed by atoms with van der Waals surface area (Å²) in [5.41, 5.74) is 36.5. The Labute approximate surface area is 895 Å². The Kier molecular flexibility index (Phi) is 64.5. The first-order chi connectivity index (χ1) is 69.1. The minimum absolute atomic E-state index is 0.424. The Morgan fingerprint density at radius 1 is 0.181 bits per heavy atom. The van der Waals surface area contributed by atoms with Crippen LogP contribution in [0, 0.1) is 117 Å². The molecule has 0 saturated heterocycles. The van der Waals surface area contributed by atoms with Crippen LogP contribution in [0.5, 0.6) is 23.0 Å². The van der Waals surface area contributed by atoms with E-state index in [4.69, 9.17) is 18.9 Å². The lowest BCUT2D eigenvalue weighted by atomic mass is 9.87. The molecule has 0 spiro atoms. The van der Waals surface area contributed by atoms with Crippen LogP contribution in [0.2, 0.25) is 66.5 Å². The lowest BCUT2D eigenvalue weighted by molar-refractivity contribution is 0.258. The van der Waals surface area contributed by atoms with E-state index < -0.39 is 32.3 Å². The number of ether oxygens (including phenoxy) is 4. The molecule has 794 valence electrons. The summed E-state index contributed by atoms with van der Waals surface area (Å²) in [6, 6.07) is 13.4. The molecule has 0 fully saturated rings. The number of rotatable bonds is 64. The molecule has 0 saturated carbocycles. The van der Waals surface area contributed by atoms with E-state index in [-0.39, 0.29) is 0 Å². The van der Waals surface area contributed by atoms with Gasteiger partial charge in [0, 0.05) is 79.9 Å². The monoisotopic (exact) mass is 2020 g/mol. The van der Waals surface area contributed by atoms with Gasteiger partial charge in [0.2, 0.25) is 0 Å². The van der Waals surface area contributed by atoms with Crippen molar-refractivity contribution >= 4 is 32.3 Å². The smallest absolute Gasteiger partial charge is 0.162 e. The molecule has 0 atom stereocenters. The van der Waals surface area contributed by atoms with Crippen LogP contribution in [0.1, 0.15) is 556 Å². The fourth-order valence-electron chi connectivity index (χ4n) is 23.4. The van der Waals surface area contributed by atoms with E-state index in [0.717, 1.165) is 258 Å². The molecule has 0 aliphatic carbocycles. The van der Waals surface area contributed by atoms with Crippen molar-refractivity contribution in [2.75, 3.05) is 26.4 Å². The van der Waals surface area contributed by atoms with Gasteiger partial charge in [0.05, 0.1) is 26.4 Å². The highest BCUT2D eigenvalue weighted by Crippen LogP contribution is 2.47. The van der Waals surface area contributed by atoms with Gasteiger partial charge in [-0.15, -0.1) is 22.2 Å². The third-order valence-corrected chi connectivity index (χ3v) is 57.0. The van der Waals surface area contributed by atoms with Crippen LogP contribution in [0.25, 0.3) is 0 Å². The van der Waals surface area contributed by atoms with Crippen molar-refractivity contribution < 1.29 is 18.9 Å². The summed E-state index contributed by atoms with van der Waals surface area (Å²) in [4.78, 5) is 0. The lowest BCUT2D eigenvalue weighted by Gasteiger charge is -2.38. The highest BCUT2D eigenvalue weighted by atomic mass is 28.3. The van der Waals surface area contributed by atoms with E-state index in [1.165, 1.54) is 125 Å². The highest BCUT2D eigenvalue weighted by Gasteiger charge is 2.45. The number of hydrogen-bond acceptors (Lipinski definition) is 4. The number of aryl methyl sites for hydroxylation is 2. The molecule has 4 rings (SSSR count). The minimum atomic E-state index is -2.34. The summed E-state index contributed by atoms with van der Waals surface area (Å²) < 4.78 is 27.4. The average Bonchev–Trinajstić information content (AvgIpc) is 0.711. The quantitative estimate of drug-likeness (QED) is 0.0251. The standard InChI is InChI=1S/C136H210O4Si4/c1-33-41-49-57-61-75-93-137-133-103-119(121(89-97-141(107(9)10,108(11)12)109(13)14)105-135(133)139-95-77-63-59-51-43-35-3)79-69-71-83-125-101-123(81-65-53-45-37-5)129(131(127(125)85-67-55-47-39-7)91-99-143(113(21)22,114(23)24)115(25)26)87-73-74-88-130-124(82-66-54-46-38-6)102-126(128(86-68-56-48-40-8)132(130)92-100-144(116(27)28,117(29)30)118(31)32)84-72-70-80-120-104-134(138-94-76-62-58-50-42-34-2)136(140-96-78-64-60-52-44-36-4)106-122(120)90-98-142(110(15)16,111(17)18)112(19)20/h101-118H,33-68,75-78,81-82,85-86,93-96H2,1-32H3. The van der Waals surface area contributed by atoms with Gasteiger partial charge in [-0.25, -0.2) is 0 Å². The predicted octanol–water partition coefficient (Wildman–Crippen LogP) is 39.6. The molecule has 0 aromatic heterocycles. The second-order valence-corrected chi connectivity index (χ2v) is 68.4. The van der Waals surface area contributed by atoms with Gasteiger partial charge < -0.3 is 18.9 Å². The molecule has 0 aliphatic heterocycles. The maximum atomic E-state index is 6.86. The molecule has 0 radical (unpaired) electrons. The molecule has 0 heterocycles. The second-order valence-electron chi connectivity index (χ2n) is 46.1. The molecule has 0 aliphatic rings. The maximum Gasteiger partial charge on any atom is 0.162 e. The average molecular weight is 2020 g/mol. The summed E-state index contributed by atoms with van der Waals surface area (Å²) >= 11 is 0. The van der Waals surface area contributed by atoms with Crippen LogP contribution in [0.4, 0.5) is 0 Å². The summed E-state index contributed by atoms with van der Waals surface area (Å²) in [7, 11) is -9.05. The van der Waals surface area contributed by atoms with Crippen LogP contribution in [-0.2, 0) is 25.7 Å². The Morgan fingerprint density at radius 2 is 0.361 bits per heavy atom. The SMILES string of the molecule is CCCCCCCCOc1cc(C#CC#Cc2cc(CCCCCC)c(C#CC#Cc3c(CCCCCC)cc(C#CC#Cc4cc(OCCCCCCCC)c(OCCCCCCCC)cc4C#C[Si](C(C)C)(C(C)C)C(C)C)c(CCCCCC)c3C#C[Si](C(C)C)(C(C)C)C(C)C)c(C#C[Si](C(C)C)(C(C)C)C(C)C)c2CCCCCC)c(C#C[Si](C(C)C)(C(C)C)C(C)C)cc1OCCCCCCCC. The zero-order valence-electron chi connectivity index (χ0n) is 99.0. The van der Waals surface area contributed by atoms with Gasteiger partial charge in [-0.3, -0.25) is 0 Å². The molecular formula is C136H210O4Si4. The van der Waals surface area contributed by atoms with E-state index >= 15 is 0 Å². The number of unbranched alkanes of at least 4 members (excludes halogenated alkanes) is 32. The first kappa shape index (κ1) is 129. The third-order valence-electron chi connectivity index (χ3n) is 31.8. The highest BCUT2D eigenvalue weighted by molar-refractivity contribution is 6.92. The Hall–Kier alpha value is -7.45. The molecule has 0 amide bonds. The van der Waals surface area contributed by atoms with Crippen LogP contribution in [0.15, 0.2) is 36.4 Å². The summed E-state index contributed by atoms with van der Waals surface area (Å²) in [5.74, 6) is 63.9. The maximum absolute atomic E-state index is 6.86. The summed E-state index contributed by atoms with van der Waals surface area (Å²) in [6.07, 6.45) is 49.5. The zero-order valence-corrected chi connectivity index (χ0v) is 103. The van der Waals surface area contributed by atoms with Crippen molar-refractivity contribution in [1.29, 1.82) is 0 Å². The van der Waals surface area contributed by atoms with Crippen molar-refractivity contribution in [3.05, 3.63) is 114 Å². The minimum Gasteiger partial charge on any atom is -0.490 e. The molecule has 4 nitrogen and oxygen atoms in total. The van der Waals surface area contributed by atoms with Crippen molar-refractivity contribution in [1.82, 2.24) is 0 Å². The Balaban J connectivity index is 2.46. The first-order valence-electron chi connectivity index (χ1n) is 59.6. The molecule has 0 N–H and O–H groups in total. The second kappa shape index (κ2) is 72.0. The van der Waals surface area contributed by atoms with Crippen molar-refractivity contribution in [2.45, 2.75) is 571 Å². The molecular weight excluding hydrogens is 1810 g/mol. The largest absolute Gasteiger partial charge is 0.490 e. The van der Waals surface area contributed by atoms with Gasteiger partial charge in [-0.1, -0.05) is 486 Å². The number of hydrogen-bond donors (Lipinski definition) is 0. The predicted molar refractivity (Wildman–Crippen MR) is 646 cm³/mol. The lowest BCUT2D eigenvalue weighted by Crippen LogP contribution is -2.43. The van der Waals surface area contributed by atoms with Crippen molar-refractivity contribution in [2.24, 2.45) is 0 Å². The van der Waals surface area contributed by atoms with Gasteiger partial charge in [0.1, 0.15) is 32.3 Å². The molecule has 4 aromatic rings. The van der Waals surface area contributed by atoms with Gasteiger partial charge in [0.15, 0.2) is 23.0 Å². The van der Waals surface area contributed by atoms with Gasteiger partial charge in [0.25, 0.3) is 0 Å². The van der Waals surface area contributed by atoms with Gasteiger partial charge in [-0.2, -0.15) is 0 Å². The van der Waals surface area contributed by atoms with Crippen LogP contribution < -0.4 is 18.9 Å². The summed E-state index contributed by atoms with van der Waals surface area (Å²) in [5, 5.41) is 0. The van der Waals surface area contributed by atoms with E-state index in [1.54, 1.807) is 0 Å².